The van der Waals surface area contributed by atoms with E-state index in [0.717, 1.165) is 41.8 Å². The van der Waals surface area contributed by atoms with Gasteiger partial charge < -0.3 is 5.32 Å². The van der Waals surface area contributed by atoms with Gasteiger partial charge >= 0.3 is 0 Å². The van der Waals surface area contributed by atoms with Crippen LogP contribution in [0.4, 0.5) is 5.69 Å². The number of benzene rings is 1. The van der Waals surface area contributed by atoms with Crippen LogP contribution < -0.4 is 5.32 Å². The van der Waals surface area contributed by atoms with Crippen LogP contribution in [0, 0.1) is 18.8 Å². The van der Waals surface area contributed by atoms with Crippen LogP contribution in [-0.2, 0) is 4.79 Å². The minimum absolute atomic E-state index is 0.152. The van der Waals surface area contributed by atoms with Crippen molar-refractivity contribution in [3.8, 4) is 11.3 Å². The topological polar surface area (TPSA) is 42.0 Å². The minimum Gasteiger partial charge on any atom is -0.326 e. The first-order valence-electron chi connectivity index (χ1n) is 7.98. The Morgan fingerprint density at radius 3 is 2.77 bits per heavy atom. The van der Waals surface area contributed by atoms with Gasteiger partial charge in [0.05, 0.1) is 5.69 Å². The van der Waals surface area contributed by atoms with Gasteiger partial charge in [-0.05, 0) is 55.5 Å². The Hall–Kier alpha value is -2.16. The SMILES string of the molecule is Cc1ccc(NC(=O)C2CCCC2C)cc1-c1ccccn1. The quantitative estimate of drug-likeness (QED) is 0.909. The number of anilines is 1. The first-order chi connectivity index (χ1) is 10.6. The van der Waals surface area contributed by atoms with Crippen molar-refractivity contribution >= 4 is 11.6 Å². The van der Waals surface area contributed by atoms with Crippen LogP contribution in [-0.4, -0.2) is 10.9 Å². The summed E-state index contributed by atoms with van der Waals surface area (Å²) in [4.78, 5) is 16.8. The Labute approximate surface area is 131 Å². The van der Waals surface area contributed by atoms with Crippen molar-refractivity contribution < 1.29 is 4.79 Å². The molecule has 3 rings (SSSR count). The lowest BCUT2D eigenvalue weighted by Crippen LogP contribution is -2.24. The molecule has 0 spiro atoms. The van der Waals surface area contributed by atoms with Gasteiger partial charge in [-0.2, -0.15) is 0 Å². The van der Waals surface area contributed by atoms with Crippen LogP contribution in [0.3, 0.4) is 0 Å². The fourth-order valence-electron chi connectivity index (χ4n) is 3.27. The summed E-state index contributed by atoms with van der Waals surface area (Å²) in [5.74, 6) is 0.793. The number of nitrogens with zero attached hydrogens (tertiary/aromatic N) is 1. The fraction of sp³-hybridized carbons (Fsp3) is 0.368. The highest BCUT2D eigenvalue weighted by Crippen LogP contribution is 2.32. The maximum absolute atomic E-state index is 12.4. The van der Waals surface area contributed by atoms with Gasteiger partial charge in [-0.15, -0.1) is 0 Å². The number of aryl methyl sites for hydroxylation is 1. The molecule has 1 heterocycles. The monoisotopic (exact) mass is 294 g/mol. The Kier molecular flexibility index (Phi) is 4.23. The lowest BCUT2D eigenvalue weighted by molar-refractivity contribution is -0.120. The highest BCUT2D eigenvalue weighted by Gasteiger charge is 2.29. The number of nitrogens with one attached hydrogen (secondary N) is 1. The average molecular weight is 294 g/mol. The molecule has 1 fully saturated rings. The maximum atomic E-state index is 12.4. The molecular formula is C19H22N2O. The third kappa shape index (κ3) is 3.03. The molecule has 1 saturated carbocycles. The molecule has 114 valence electrons. The highest BCUT2D eigenvalue weighted by atomic mass is 16.1. The van der Waals surface area contributed by atoms with Crippen molar-refractivity contribution in [1.29, 1.82) is 0 Å². The van der Waals surface area contributed by atoms with E-state index < -0.39 is 0 Å². The second kappa shape index (κ2) is 6.30. The number of hydrogen-bond donors (Lipinski definition) is 1. The molecule has 22 heavy (non-hydrogen) atoms. The summed E-state index contributed by atoms with van der Waals surface area (Å²) < 4.78 is 0. The lowest BCUT2D eigenvalue weighted by Gasteiger charge is -2.16. The summed E-state index contributed by atoms with van der Waals surface area (Å²) in [7, 11) is 0. The van der Waals surface area contributed by atoms with E-state index in [2.05, 4.69) is 24.1 Å². The third-order valence-electron chi connectivity index (χ3n) is 4.64. The van der Waals surface area contributed by atoms with Gasteiger partial charge in [-0.25, -0.2) is 0 Å². The summed E-state index contributed by atoms with van der Waals surface area (Å²) in [6.45, 7) is 4.24. The fourth-order valence-corrected chi connectivity index (χ4v) is 3.27. The molecule has 1 aliphatic rings. The van der Waals surface area contributed by atoms with E-state index in [1.165, 1.54) is 0 Å². The summed E-state index contributed by atoms with van der Waals surface area (Å²) in [6, 6.07) is 11.9. The summed E-state index contributed by atoms with van der Waals surface area (Å²) in [5, 5.41) is 3.08. The third-order valence-corrected chi connectivity index (χ3v) is 4.64. The van der Waals surface area contributed by atoms with Gasteiger partial charge in [0.2, 0.25) is 5.91 Å². The summed E-state index contributed by atoms with van der Waals surface area (Å²) in [5.41, 5.74) is 4.02. The molecule has 2 unspecified atom stereocenters. The minimum atomic E-state index is 0.152. The van der Waals surface area contributed by atoms with Crippen LogP contribution in [0.15, 0.2) is 42.6 Å². The lowest BCUT2D eigenvalue weighted by atomic mass is 9.97. The predicted molar refractivity (Wildman–Crippen MR) is 89.5 cm³/mol. The number of pyridine rings is 1. The Bertz CT molecular complexity index is 666. The zero-order chi connectivity index (χ0) is 15.5. The van der Waals surface area contributed by atoms with Crippen LogP contribution >= 0.6 is 0 Å². The van der Waals surface area contributed by atoms with E-state index in [1.54, 1.807) is 6.20 Å². The van der Waals surface area contributed by atoms with E-state index in [1.807, 2.05) is 36.4 Å². The van der Waals surface area contributed by atoms with Gasteiger partial charge in [0.1, 0.15) is 0 Å². The summed E-state index contributed by atoms with van der Waals surface area (Å²) >= 11 is 0. The van der Waals surface area contributed by atoms with Crippen LogP contribution in [0.2, 0.25) is 0 Å². The molecule has 0 saturated heterocycles. The Balaban J connectivity index is 1.82. The smallest absolute Gasteiger partial charge is 0.227 e. The number of amides is 1. The van der Waals surface area contributed by atoms with Crippen molar-refractivity contribution in [3.63, 3.8) is 0 Å². The second-order valence-corrected chi connectivity index (χ2v) is 6.25. The molecule has 1 aromatic carbocycles. The molecule has 0 bridgehead atoms. The maximum Gasteiger partial charge on any atom is 0.227 e. The average Bonchev–Trinajstić information content (AvgIpc) is 2.96. The molecule has 1 aromatic heterocycles. The zero-order valence-electron chi connectivity index (χ0n) is 13.2. The van der Waals surface area contributed by atoms with Crippen molar-refractivity contribution in [2.75, 3.05) is 5.32 Å². The van der Waals surface area contributed by atoms with Crippen LogP contribution in [0.1, 0.15) is 31.7 Å². The molecule has 0 aliphatic heterocycles. The number of aromatic nitrogens is 1. The molecule has 1 N–H and O–H groups in total. The van der Waals surface area contributed by atoms with Crippen molar-refractivity contribution in [2.45, 2.75) is 33.1 Å². The van der Waals surface area contributed by atoms with Gasteiger partial charge in [-0.1, -0.05) is 25.5 Å². The van der Waals surface area contributed by atoms with Crippen LogP contribution in [0.25, 0.3) is 11.3 Å². The first kappa shape index (κ1) is 14.8. The van der Waals surface area contributed by atoms with Gasteiger partial charge in [0.15, 0.2) is 0 Å². The van der Waals surface area contributed by atoms with E-state index in [9.17, 15) is 4.79 Å². The van der Waals surface area contributed by atoms with Gasteiger partial charge in [-0.3, -0.25) is 9.78 Å². The number of carbonyl (C=O) groups is 1. The first-order valence-corrected chi connectivity index (χ1v) is 7.98. The van der Waals surface area contributed by atoms with Crippen LogP contribution in [0.5, 0.6) is 0 Å². The largest absolute Gasteiger partial charge is 0.326 e. The number of rotatable bonds is 3. The summed E-state index contributed by atoms with van der Waals surface area (Å²) in [6.07, 6.45) is 5.11. The zero-order valence-corrected chi connectivity index (χ0v) is 13.2. The normalized spacial score (nSPS) is 20.8. The van der Waals surface area contributed by atoms with Crippen molar-refractivity contribution in [1.82, 2.24) is 4.98 Å². The molecule has 2 aromatic rings. The van der Waals surface area contributed by atoms with Crippen molar-refractivity contribution in [2.24, 2.45) is 11.8 Å². The molecule has 0 radical (unpaired) electrons. The van der Waals surface area contributed by atoms with Gasteiger partial charge in [0, 0.05) is 23.4 Å². The molecule has 3 heteroatoms. The highest BCUT2D eigenvalue weighted by molar-refractivity contribution is 5.93. The van der Waals surface area contributed by atoms with E-state index in [4.69, 9.17) is 0 Å². The van der Waals surface area contributed by atoms with E-state index >= 15 is 0 Å². The number of hydrogen-bond acceptors (Lipinski definition) is 2. The molecule has 1 aliphatic carbocycles. The molecular weight excluding hydrogens is 272 g/mol. The molecule has 3 nitrogen and oxygen atoms in total. The van der Waals surface area contributed by atoms with Crippen molar-refractivity contribution in [3.05, 3.63) is 48.2 Å². The molecule has 1 amide bonds. The van der Waals surface area contributed by atoms with Gasteiger partial charge in [0.25, 0.3) is 0 Å². The standard InChI is InChI=1S/C19H22N2O/c1-13-6-5-7-16(13)19(22)21-15-10-9-14(2)17(12-15)18-8-3-4-11-20-18/h3-4,8-13,16H,5-7H2,1-2H3,(H,21,22). The van der Waals surface area contributed by atoms with E-state index in [-0.39, 0.29) is 11.8 Å². The van der Waals surface area contributed by atoms with E-state index in [0.29, 0.717) is 5.92 Å². The number of carbonyl (C=O) groups excluding carboxylic acids is 1. The molecule has 2 atom stereocenters. The second-order valence-electron chi connectivity index (χ2n) is 6.25. The Morgan fingerprint density at radius 1 is 1.23 bits per heavy atom. The predicted octanol–water partition coefficient (Wildman–Crippen LogP) is 4.43. The Morgan fingerprint density at radius 2 is 2.09 bits per heavy atom.